The summed E-state index contributed by atoms with van der Waals surface area (Å²) >= 11 is 3.42. The summed E-state index contributed by atoms with van der Waals surface area (Å²) in [5, 5.41) is 11.0. The monoisotopic (exact) mass is 303 g/mol. The SMILES string of the molecule is Brc1ccc(CNc2ncnc3[nH]ncc23)cc1. The van der Waals surface area contributed by atoms with Crippen molar-refractivity contribution in [3.8, 4) is 0 Å². The number of nitrogens with one attached hydrogen (secondary N) is 2. The van der Waals surface area contributed by atoms with Crippen LogP contribution in [0, 0.1) is 0 Å². The van der Waals surface area contributed by atoms with Crippen molar-refractivity contribution in [2.75, 3.05) is 5.32 Å². The minimum atomic E-state index is 0.713. The van der Waals surface area contributed by atoms with E-state index in [0.29, 0.717) is 6.54 Å². The number of hydrogen-bond acceptors (Lipinski definition) is 4. The third kappa shape index (κ3) is 2.19. The van der Waals surface area contributed by atoms with Gasteiger partial charge >= 0.3 is 0 Å². The van der Waals surface area contributed by atoms with Crippen molar-refractivity contribution >= 4 is 32.8 Å². The van der Waals surface area contributed by atoms with Gasteiger partial charge in [0.25, 0.3) is 0 Å². The Morgan fingerprint density at radius 3 is 2.83 bits per heavy atom. The predicted molar refractivity (Wildman–Crippen MR) is 73.2 cm³/mol. The number of H-pyrrole nitrogens is 1. The maximum absolute atomic E-state index is 4.22. The summed E-state index contributed by atoms with van der Waals surface area (Å²) in [6, 6.07) is 8.16. The highest BCUT2D eigenvalue weighted by atomic mass is 79.9. The topological polar surface area (TPSA) is 66.5 Å². The number of nitrogens with zero attached hydrogens (tertiary/aromatic N) is 3. The zero-order valence-corrected chi connectivity index (χ0v) is 11.0. The predicted octanol–water partition coefficient (Wildman–Crippen LogP) is 2.73. The third-order valence-corrected chi connectivity index (χ3v) is 3.15. The van der Waals surface area contributed by atoms with Crippen molar-refractivity contribution < 1.29 is 0 Å². The molecule has 0 unspecified atom stereocenters. The van der Waals surface area contributed by atoms with Crippen LogP contribution < -0.4 is 5.32 Å². The largest absolute Gasteiger partial charge is 0.365 e. The molecule has 90 valence electrons. The van der Waals surface area contributed by atoms with Crippen LogP contribution in [0.4, 0.5) is 5.82 Å². The molecule has 0 radical (unpaired) electrons. The molecule has 18 heavy (non-hydrogen) atoms. The van der Waals surface area contributed by atoms with Crippen LogP contribution in [0.3, 0.4) is 0 Å². The Morgan fingerprint density at radius 1 is 1.17 bits per heavy atom. The Bertz CT molecular complexity index is 662. The van der Waals surface area contributed by atoms with Crippen LogP contribution in [0.2, 0.25) is 0 Å². The van der Waals surface area contributed by atoms with Gasteiger partial charge in [0.1, 0.15) is 12.1 Å². The maximum Gasteiger partial charge on any atom is 0.160 e. The molecular weight excluding hydrogens is 294 g/mol. The van der Waals surface area contributed by atoms with E-state index in [1.54, 1.807) is 6.20 Å². The van der Waals surface area contributed by atoms with Gasteiger partial charge in [-0.25, -0.2) is 9.97 Å². The van der Waals surface area contributed by atoms with Crippen molar-refractivity contribution in [2.45, 2.75) is 6.54 Å². The molecule has 0 aliphatic rings. The molecule has 0 fully saturated rings. The molecule has 0 aliphatic heterocycles. The summed E-state index contributed by atoms with van der Waals surface area (Å²) in [7, 11) is 0. The van der Waals surface area contributed by atoms with Gasteiger partial charge in [0, 0.05) is 11.0 Å². The zero-order valence-electron chi connectivity index (χ0n) is 9.39. The number of anilines is 1. The Hall–Kier alpha value is -1.95. The molecule has 0 spiro atoms. The number of fused-ring (bicyclic) bond motifs is 1. The lowest BCUT2D eigenvalue weighted by Gasteiger charge is -2.06. The molecule has 0 bridgehead atoms. The van der Waals surface area contributed by atoms with Crippen LogP contribution in [0.25, 0.3) is 11.0 Å². The summed E-state index contributed by atoms with van der Waals surface area (Å²) in [5.41, 5.74) is 1.93. The van der Waals surface area contributed by atoms with Crippen LogP contribution in [-0.2, 0) is 6.54 Å². The second-order valence-corrected chi connectivity index (χ2v) is 4.75. The summed E-state index contributed by atoms with van der Waals surface area (Å²) in [5.74, 6) is 0.789. The highest BCUT2D eigenvalue weighted by molar-refractivity contribution is 9.10. The van der Waals surface area contributed by atoms with Crippen LogP contribution in [0.15, 0.2) is 41.3 Å². The van der Waals surface area contributed by atoms with Gasteiger partial charge in [-0.3, -0.25) is 5.10 Å². The van der Waals surface area contributed by atoms with E-state index in [1.807, 2.05) is 12.1 Å². The van der Waals surface area contributed by atoms with E-state index >= 15 is 0 Å². The lowest BCUT2D eigenvalue weighted by Crippen LogP contribution is -2.01. The molecule has 2 aromatic heterocycles. The van der Waals surface area contributed by atoms with E-state index in [9.17, 15) is 0 Å². The third-order valence-electron chi connectivity index (χ3n) is 2.62. The van der Waals surface area contributed by atoms with E-state index in [-0.39, 0.29) is 0 Å². The van der Waals surface area contributed by atoms with Crippen molar-refractivity contribution in [1.29, 1.82) is 0 Å². The highest BCUT2D eigenvalue weighted by Gasteiger charge is 2.04. The van der Waals surface area contributed by atoms with Gasteiger partial charge in [0.15, 0.2) is 5.65 Å². The molecule has 3 aromatic rings. The van der Waals surface area contributed by atoms with Gasteiger partial charge < -0.3 is 5.32 Å². The summed E-state index contributed by atoms with van der Waals surface area (Å²) in [4.78, 5) is 8.31. The van der Waals surface area contributed by atoms with Gasteiger partial charge in [-0.2, -0.15) is 5.10 Å². The van der Waals surface area contributed by atoms with Gasteiger partial charge in [0.05, 0.1) is 11.6 Å². The Balaban J connectivity index is 1.80. The lowest BCUT2D eigenvalue weighted by atomic mass is 10.2. The normalized spacial score (nSPS) is 10.7. The first-order valence-corrected chi connectivity index (χ1v) is 6.24. The van der Waals surface area contributed by atoms with Crippen LogP contribution in [-0.4, -0.2) is 20.2 Å². The Labute approximate surface area is 112 Å². The Kier molecular flexibility index (Phi) is 2.93. The van der Waals surface area contributed by atoms with E-state index in [4.69, 9.17) is 0 Å². The molecule has 3 rings (SSSR count). The van der Waals surface area contributed by atoms with Gasteiger partial charge in [0.2, 0.25) is 0 Å². The average Bonchev–Trinajstić information content (AvgIpc) is 2.87. The molecule has 0 atom stereocenters. The maximum atomic E-state index is 4.22. The number of benzene rings is 1. The van der Waals surface area contributed by atoms with Gasteiger partial charge in [-0.05, 0) is 17.7 Å². The fourth-order valence-electron chi connectivity index (χ4n) is 1.69. The average molecular weight is 304 g/mol. The smallest absolute Gasteiger partial charge is 0.160 e. The Morgan fingerprint density at radius 2 is 2.00 bits per heavy atom. The number of hydrogen-bond donors (Lipinski definition) is 2. The standard InChI is InChI=1S/C12H10BrN5/c13-9-3-1-8(2-4-9)5-14-11-10-6-17-18-12(10)16-7-15-11/h1-4,6-7H,5H2,(H2,14,15,16,17,18). The summed E-state index contributed by atoms with van der Waals surface area (Å²) in [6.07, 6.45) is 3.24. The molecule has 2 heterocycles. The van der Waals surface area contributed by atoms with Crippen LogP contribution in [0.5, 0.6) is 0 Å². The zero-order chi connectivity index (χ0) is 12.4. The minimum Gasteiger partial charge on any atom is -0.365 e. The highest BCUT2D eigenvalue weighted by Crippen LogP contribution is 2.17. The van der Waals surface area contributed by atoms with E-state index in [1.165, 1.54) is 11.9 Å². The van der Waals surface area contributed by atoms with E-state index in [2.05, 4.69) is 53.5 Å². The first kappa shape index (κ1) is 11.2. The van der Waals surface area contributed by atoms with Gasteiger partial charge in [-0.15, -0.1) is 0 Å². The molecule has 1 aromatic carbocycles. The fraction of sp³-hybridized carbons (Fsp3) is 0.0833. The second-order valence-electron chi connectivity index (χ2n) is 3.83. The van der Waals surface area contributed by atoms with Crippen LogP contribution in [0.1, 0.15) is 5.56 Å². The molecule has 0 saturated carbocycles. The minimum absolute atomic E-state index is 0.713. The molecule has 0 aliphatic carbocycles. The van der Waals surface area contributed by atoms with Crippen molar-refractivity contribution in [1.82, 2.24) is 20.2 Å². The number of halogens is 1. The molecule has 6 heteroatoms. The van der Waals surface area contributed by atoms with Crippen LogP contribution >= 0.6 is 15.9 Å². The number of aromatic amines is 1. The number of aromatic nitrogens is 4. The number of rotatable bonds is 3. The van der Waals surface area contributed by atoms with Crippen molar-refractivity contribution in [2.24, 2.45) is 0 Å². The molecule has 0 saturated heterocycles. The van der Waals surface area contributed by atoms with Crippen molar-refractivity contribution in [3.05, 3.63) is 46.8 Å². The summed E-state index contributed by atoms with van der Waals surface area (Å²) in [6.45, 7) is 0.713. The van der Waals surface area contributed by atoms with E-state index < -0.39 is 0 Å². The molecule has 0 amide bonds. The molecular formula is C12H10BrN5. The first-order valence-electron chi connectivity index (χ1n) is 5.45. The second kappa shape index (κ2) is 4.73. The fourth-order valence-corrected chi connectivity index (χ4v) is 1.96. The molecule has 5 nitrogen and oxygen atoms in total. The molecule has 2 N–H and O–H groups in total. The van der Waals surface area contributed by atoms with E-state index in [0.717, 1.165) is 21.3 Å². The van der Waals surface area contributed by atoms with Gasteiger partial charge in [-0.1, -0.05) is 28.1 Å². The summed E-state index contributed by atoms with van der Waals surface area (Å²) < 4.78 is 1.07. The van der Waals surface area contributed by atoms with Crippen molar-refractivity contribution in [3.63, 3.8) is 0 Å². The first-order chi connectivity index (χ1) is 8.83. The quantitative estimate of drug-likeness (QED) is 0.781. The lowest BCUT2D eigenvalue weighted by molar-refractivity contribution is 1.08.